The molecule has 18 amide bonds. The quantitative estimate of drug-likeness (QED) is 0.0439. The third-order valence-corrected chi connectivity index (χ3v) is 26.7. The number of carbonyl (C=O) groups excluding carboxylic acids is 19. The molecule has 6 heterocycles. The molecule has 21 N–H and O–H groups in total. The monoisotopic (exact) mass is 1950 g/mol. The van der Waals surface area contributed by atoms with E-state index >= 15 is 9.59 Å². The highest BCUT2D eigenvalue weighted by atomic mass is 32.2. The van der Waals surface area contributed by atoms with Gasteiger partial charge in [-0.2, -0.15) is 35.3 Å². The summed E-state index contributed by atoms with van der Waals surface area (Å²) in [5.74, 6) is -19.4. The number of likely N-dealkylation sites (N-methyl/N-ethyl adjacent to an activating group) is 1. The third kappa shape index (κ3) is 33.5. The van der Waals surface area contributed by atoms with Crippen molar-refractivity contribution in [2.45, 2.75) is 205 Å². The lowest BCUT2D eigenvalue weighted by Crippen LogP contribution is -2.61. The lowest BCUT2D eigenvalue weighted by molar-refractivity contribution is -0.143. The number of urea groups is 1. The van der Waals surface area contributed by atoms with Crippen molar-refractivity contribution in [2.75, 3.05) is 114 Å². The van der Waals surface area contributed by atoms with E-state index in [4.69, 9.17) is 11.5 Å². The summed E-state index contributed by atoms with van der Waals surface area (Å²) in [5.41, 5.74) is 13.6. The number of fused-ring (bicyclic) bond motifs is 13. The topological polar surface area (TPSA) is 638 Å². The van der Waals surface area contributed by atoms with Crippen molar-refractivity contribution in [2.24, 2.45) is 29.2 Å². The second-order valence-electron chi connectivity index (χ2n) is 34.8. The molecular formula is C89H130N22O22S3. The number of hydrogen-bond donors (Lipinski definition) is 19. The van der Waals surface area contributed by atoms with Gasteiger partial charge in [-0.15, -0.1) is 0 Å². The molecule has 1 unspecified atom stereocenters. The number of carboxylic acids is 1. The molecule has 4 aliphatic heterocycles. The number of hydrogen-bond acceptors (Lipinski definition) is 26. The number of thioether (sulfide) groups is 3. The number of aromatic nitrogens is 2. The maximum Gasteiger partial charge on any atom is 0.322 e. The predicted octanol–water partition coefficient (Wildman–Crippen LogP) is -3.21. The van der Waals surface area contributed by atoms with Crippen molar-refractivity contribution < 1.29 is 106 Å². The van der Waals surface area contributed by atoms with Crippen LogP contribution in [-0.4, -0.2) is 349 Å². The lowest BCUT2D eigenvalue weighted by atomic mass is 9.98. The number of benzene rings is 2. The van der Waals surface area contributed by atoms with Crippen LogP contribution in [0.5, 0.6) is 0 Å². The number of aliphatic hydroxyl groups is 1. The first-order valence-electron chi connectivity index (χ1n) is 45.6. The zero-order valence-electron chi connectivity index (χ0n) is 77.8. The largest absolute Gasteiger partial charge is 0.481 e. The van der Waals surface area contributed by atoms with E-state index in [1.54, 1.807) is 74.8 Å². The fourth-order valence-electron chi connectivity index (χ4n) is 15.7. The van der Waals surface area contributed by atoms with E-state index in [2.05, 4.69) is 79.1 Å². The summed E-state index contributed by atoms with van der Waals surface area (Å²) in [4.78, 5) is 296. The molecule has 14 atom stereocenters. The second-order valence-corrected chi connectivity index (χ2v) is 38.3. The smallest absolute Gasteiger partial charge is 0.322 e. The predicted molar refractivity (Wildman–Crippen MR) is 506 cm³/mol. The van der Waals surface area contributed by atoms with Crippen LogP contribution >= 0.6 is 35.3 Å². The fourth-order valence-corrected chi connectivity index (χ4v) is 18.8. The molecule has 4 saturated heterocycles. The Bertz CT molecular complexity index is 4940. The Morgan fingerprint density at radius 3 is 1.68 bits per heavy atom. The van der Waals surface area contributed by atoms with Crippen molar-refractivity contribution in [3.05, 3.63) is 72.1 Å². The van der Waals surface area contributed by atoms with Crippen LogP contribution in [0, 0.1) is 17.8 Å². The minimum Gasteiger partial charge on any atom is -0.481 e. The minimum atomic E-state index is -1.96. The number of ketones is 2. The van der Waals surface area contributed by atoms with Crippen LogP contribution < -0.4 is 80.6 Å². The van der Waals surface area contributed by atoms with E-state index < -0.39 is 229 Å². The van der Waals surface area contributed by atoms with Crippen molar-refractivity contribution in [1.82, 2.24) is 104 Å². The lowest BCUT2D eigenvalue weighted by Gasteiger charge is -2.42. The molecule has 4 aliphatic rings. The Kier molecular flexibility index (Phi) is 43.5. The number of aliphatic hydroxyl groups excluding tert-OH is 1. The van der Waals surface area contributed by atoms with Gasteiger partial charge in [0.05, 0.1) is 50.9 Å². The van der Waals surface area contributed by atoms with Gasteiger partial charge in [0, 0.05) is 173 Å². The molecule has 746 valence electrons. The van der Waals surface area contributed by atoms with Crippen LogP contribution in [0.2, 0.25) is 0 Å². The highest BCUT2D eigenvalue weighted by molar-refractivity contribution is 7.99. The molecule has 4 fully saturated rings. The van der Waals surface area contributed by atoms with E-state index in [0.717, 1.165) is 40.2 Å². The summed E-state index contributed by atoms with van der Waals surface area (Å²) in [6.45, 7) is 9.39. The number of rotatable bonds is 19. The summed E-state index contributed by atoms with van der Waals surface area (Å²) >= 11 is 3.24. The Morgan fingerprint density at radius 1 is 0.544 bits per heavy atom. The molecule has 47 heteroatoms. The van der Waals surface area contributed by atoms with Gasteiger partial charge in [0.1, 0.15) is 66.2 Å². The molecule has 2 aromatic heterocycles. The van der Waals surface area contributed by atoms with E-state index in [1.807, 2.05) is 4.90 Å². The van der Waals surface area contributed by atoms with E-state index in [9.17, 15) is 96.5 Å². The van der Waals surface area contributed by atoms with Crippen molar-refractivity contribution in [1.29, 1.82) is 0 Å². The van der Waals surface area contributed by atoms with Gasteiger partial charge in [0.25, 0.3) is 0 Å². The Morgan fingerprint density at radius 2 is 1.09 bits per heavy atom. The van der Waals surface area contributed by atoms with Gasteiger partial charge in [0.2, 0.25) is 94.5 Å². The standard InChI is InChI=1S/C89H130N22O22S3/c1-9-59-81(125)103-66-46-135-33-23-56(113)16-14-29-109-47-108(48-110(89(109)133)32-28-93-70(116)24-34-134-44-55(79(123)106-77(52(7)112)87(131)99-59)38-68(114)51(6)97-72(118)43-107(8)73(119)22-26-90)31-27-92-69(115)25-35-136-45-65(78(91)122)102-85(129)67-21-15-30-111(67)88(132)76(50(4)5)105-82(126)62(36-53-40-94-60-19-12-10-17-57(53)60)98-71(117)42-96-80(124)64(39-74(120)121)101-86(130)75(49(2)3)104-83(127)63(100-84(66)128)37-54-41-95-61-20-13-11-18-58(54)61/h10-13,17-20,40-41,49-52,55,59,62-67,75-77,94-95,112H,9,14-16,21-39,42-48,90H2,1-8H3,(H2,91,122)(H,92,115)(H,93,116)(H,96,124)(H,97,118)(H,98,117)(H,99,131)(H,100,128)(H,101,130)(H,102,129)(H,103,125)(H,104,127)(H,105,126)(H,106,123)(H,120,121)/t51-,52+,55-,59-,62-,63-,64-,65-,66-,67-,75-,76-,77-/m0/s1. The average molecular weight is 1960 g/mol. The van der Waals surface area contributed by atoms with Crippen LogP contribution in [0.3, 0.4) is 0 Å². The molecule has 8 rings (SSSR count). The Balaban J connectivity index is 1.13. The van der Waals surface area contributed by atoms with Crippen LogP contribution in [0.1, 0.15) is 130 Å². The van der Waals surface area contributed by atoms with E-state index in [-0.39, 0.29) is 164 Å². The highest BCUT2D eigenvalue weighted by Crippen LogP contribution is 2.26. The summed E-state index contributed by atoms with van der Waals surface area (Å²) < 4.78 is 0. The number of nitrogens with two attached hydrogens (primary N) is 2. The first-order chi connectivity index (χ1) is 64.7. The highest BCUT2D eigenvalue weighted by Gasteiger charge is 2.43. The van der Waals surface area contributed by atoms with Gasteiger partial charge in [-0.25, -0.2) is 4.79 Å². The van der Waals surface area contributed by atoms with E-state index in [0.29, 0.717) is 39.4 Å². The average Bonchev–Trinajstić information content (AvgIpc) is 1.69. The van der Waals surface area contributed by atoms with Crippen molar-refractivity contribution >= 4 is 175 Å². The number of Topliss-reactive ketones (excluding diaryl/α,β-unsaturated/α-hetero) is 2. The first kappa shape index (κ1) is 109. The van der Waals surface area contributed by atoms with E-state index in [1.165, 1.54) is 56.4 Å². The number of aliphatic carboxylic acids is 1. The molecule has 4 bridgehead atoms. The third-order valence-electron chi connectivity index (χ3n) is 23.5. The Labute approximate surface area is 800 Å². The molecule has 136 heavy (non-hydrogen) atoms. The number of nitrogens with one attached hydrogen (secondary N) is 15. The number of carbonyl (C=O) groups is 20. The number of para-hydroxylation sites is 2. The first-order valence-corrected chi connectivity index (χ1v) is 49.1. The van der Waals surface area contributed by atoms with Crippen molar-refractivity contribution in [3.8, 4) is 0 Å². The van der Waals surface area contributed by atoms with Gasteiger partial charge < -0.3 is 120 Å². The second kappa shape index (κ2) is 54.1. The normalized spacial score (nSPS) is 24.9. The van der Waals surface area contributed by atoms with Gasteiger partial charge in [-0.3, -0.25) is 96.0 Å². The van der Waals surface area contributed by atoms with Crippen LogP contribution in [0.25, 0.3) is 21.8 Å². The van der Waals surface area contributed by atoms with Gasteiger partial charge in [0.15, 0.2) is 5.78 Å². The summed E-state index contributed by atoms with van der Waals surface area (Å²) in [5, 5.41) is 56.9. The van der Waals surface area contributed by atoms with Crippen LogP contribution in [0.4, 0.5) is 4.79 Å². The van der Waals surface area contributed by atoms with Crippen molar-refractivity contribution in [3.63, 3.8) is 0 Å². The maximum absolute atomic E-state index is 15.4. The number of amides is 18. The molecular weight excluding hydrogens is 1830 g/mol. The molecule has 0 saturated carbocycles. The zero-order chi connectivity index (χ0) is 99.6. The molecule has 0 aliphatic carbocycles. The van der Waals surface area contributed by atoms with Gasteiger partial charge in [-0.05, 0) is 74.6 Å². The molecule has 44 nitrogen and oxygen atoms in total. The number of aromatic amines is 2. The van der Waals surface area contributed by atoms with Crippen LogP contribution in [-0.2, 0) is 104 Å². The summed E-state index contributed by atoms with van der Waals surface area (Å²) in [6, 6.07) is -3.20. The number of carboxylic acid groups (broad SMARTS) is 1. The fraction of sp³-hybridized carbons (Fsp3) is 0.596. The maximum atomic E-state index is 15.4. The number of primary amides is 1. The number of nitrogens with zero attached hydrogens (tertiary/aromatic N) is 5. The zero-order valence-corrected chi connectivity index (χ0v) is 80.3. The SMILES string of the molecule is CC[C@@H]1NC(=O)[C@H]([C@@H](C)O)NC(=O)[C@@H](CC(=O)[C@H](C)NC(=O)CN(C)C(=O)CCN)CSCCC(=O)NCCN2CN3CCNC(=O)CCSC[C@@H](C(N)=O)NC(=O)[C@@H]4CCCN4C(=O)[C@H](C(C)C)NC(=O)[C@H](Cc4c[nH]c5ccccc45)NC(=O)CNC(=O)[C@H](CC(=O)O)NC(=O)[C@H](C(C)C)NC(=O)[C@H](Cc4c[nH]c5ccccc45)NC(=O)[C@H](CSCCC(=O)CCCN(C3)C2=O)NC1=O. The molecule has 0 spiro atoms. The Hall–Kier alpha value is -12.0. The minimum absolute atomic E-state index is 0.0165. The van der Waals surface area contributed by atoms with Gasteiger partial charge >= 0.3 is 12.0 Å². The summed E-state index contributed by atoms with van der Waals surface area (Å²) in [6.07, 6.45) is -0.651. The summed E-state index contributed by atoms with van der Waals surface area (Å²) in [7, 11) is 1.37. The molecule has 0 radical (unpaired) electrons. The molecule has 2 aromatic carbocycles. The van der Waals surface area contributed by atoms with Gasteiger partial charge in [-0.1, -0.05) is 71.0 Å². The molecule has 4 aromatic rings. The number of H-pyrrole nitrogens is 2. The van der Waals surface area contributed by atoms with Crippen LogP contribution in [0.15, 0.2) is 60.9 Å².